The lowest BCUT2D eigenvalue weighted by Gasteiger charge is -2.31. The summed E-state index contributed by atoms with van der Waals surface area (Å²) in [6, 6.07) is 7.77. The summed E-state index contributed by atoms with van der Waals surface area (Å²) in [7, 11) is 0. The average molecular weight is 400 g/mol. The third-order valence-corrected chi connectivity index (χ3v) is 5.42. The number of halogens is 1. The van der Waals surface area contributed by atoms with Crippen LogP contribution in [0.4, 0.5) is 4.39 Å². The van der Waals surface area contributed by atoms with Gasteiger partial charge in [0.25, 0.3) is 5.91 Å². The highest BCUT2D eigenvalue weighted by Gasteiger charge is 2.52. The monoisotopic (exact) mass is 400 g/mol. The van der Waals surface area contributed by atoms with Crippen molar-refractivity contribution < 1.29 is 27.9 Å². The summed E-state index contributed by atoms with van der Waals surface area (Å²) in [5, 5.41) is 0. The highest BCUT2D eigenvalue weighted by atomic mass is 19.1. The first-order valence-corrected chi connectivity index (χ1v) is 9.54. The fraction of sp³-hybridized carbons (Fsp3) is 0.381. The van der Waals surface area contributed by atoms with Gasteiger partial charge in [-0.25, -0.2) is 4.39 Å². The number of rotatable bonds is 6. The van der Waals surface area contributed by atoms with Crippen molar-refractivity contribution >= 4 is 17.5 Å². The van der Waals surface area contributed by atoms with Crippen LogP contribution in [0.25, 0.3) is 0 Å². The standard InChI is InChI=1S/C21H21FN2O5/c22-15-5-3-14(4-6-15)18-17(19(25)16-2-1-11-29-16)20(26)21(27)24(18)8-7-23-9-12-28-13-10-23/h1-6,11,17-18H,7-10,12-13H2. The van der Waals surface area contributed by atoms with Gasteiger partial charge in [-0.05, 0) is 29.8 Å². The topological polar surface area (TPSA) is 80.1 Å². The van der Waals surface area contributed by atoms with Gasteiger partial charge >= 0.3 is 0 Å². The molecule has 0 spiro atoms. The van der Waals surface area contributed by atoms with E-state index < -0.39 is 35.3 Å². The number of amides is 1. The molecule has 1 aromatic carbocycles. The second kappa shape index (κ2) is 8.26. The normalized spacial score (nSPS) is 23.0. The molecule has 0 radical (unpaired) electrons. The second-order valence-corrected chi connectivity index (χ2v) is 7.13. The summed E-state index contributed by atoms with van der Waals surface area (Å²) in [5.41, 5.74) is 0.539. The van der Waals surface area contributed by atoms with Crippen LogP contribution in [0.3, 0.4) is 0 Å². The van der Waals surface area contributed by atoms with Crippen LogP contribution in [0.15, 0.2) is 47.1 Å². The van der Waals surface area contributed by atoms with Crippen molar-refractivity contribution in [2.24, 2.45) is 5.92 Å². The molecule has 7 nitrogen and oxygen atoms in total. The molecule has 2 fully saturated rings. The van der Waals surface area contributed by atoms with Gasteiger partial charge in [0.2, 0.25) is 11.6 Å². The SMILES string of the molecule is O=C1C(=O)N(CCN2CCOCC2)C(c2ccc(F)cc2)C1C(=O)c1ccco1. The highest BCUT2D eigenvalue weighted by molar-refractivity contribution is 6.43. The number of morpholine rings is 1. The Balaban J connectivity index is 1.64. The zero-order chi connectivity index (χ0) is 20.4. The Hall–Kier alpha value is -2.84. The molecule has 4 rings (SSSR count). The van der Waals surface area contributed by atoms with E-state index in [1.807, 2.05) is 0 Å². The van der Waals surface area contributed by atoms with E-state index in [4.69, 9.17) is 9.15 Å². The fourth-order valence-corrected chi connectivity index (χ4v) is 3.91. The summed E-state index contributed by atoms with van der Waals surface area (Å²) in [6.07, 6.45) is 1.34. The van der Waals surface area contributed by atoms with Crippen LogP contribution in [-0.4, -0.2) is 66.7 Å². The number of carbonyl (C=O) groups is 3. The van der Waals surface area contributed by atoms with Crippen molar-refractivity contribution in [3.63, 3.8) is 0 Å². The first-order chi connectivity index (χ1) is 14.1. The zero-order valence-corrected chi connectivity index (χ0v) is 15.8. The third kappa shape index (κ3) is 3.86. The molecule has 0 N–H and O–H groups in total. The fourth-order valence-electron chi connectivity index (χ4n) is 3.91. The van der Waals surface area contributed by atoms with Crippen LogP contribution in [0.2, 0.25) is 0 Å². The lowest BCUT2D eigenvalue weighted by Crippen LogP contribution is -2.42. The Morgan fingerprint density at radius 3 is 2.45 bits per heavy atom. The van der Waals surface area contributed by atoms with Gasteiger partial charge in [0.15, 0.2) is 5.76 Å². The van der Waals surface area contributed by atoms with Crippen molar-refractivity contribution in [3.05, 3.63) is 59.8 Å². The van der Waals surface area contributed by atoms with Gasteiger partial charge in [0, 0.05) is 26.2 Å². The van der Waals surface area contributed by atoms with Crippen LogP contribution >= 0.6 is 0 Å². The Kier molecular flexibility index (Phi) is 5.55. The van der Waals surface area contributed by atoms with Crippen LogP contribution in [-0.2, 0) is 14.3 Å². The molecule has 2 aromatic rings. The van der Waals surface area contributed by atoms with E-state index in [2.05, 4.69) is 4.90 Å². The first kappa shape index (κ1) is 19.5. The van der Waals surface area contributed by atoms with Gasteiger partial charge in [-0.3, -0.25) is 19.3 Å². The molecule has 8 heteroatoms. The molecular weight excluding hydrogens is 379 g/mol. The lowest BCUT2D eigenvalue weighted by molar-refractivity contribution is -0.141. The van der Waals surface area contributed by atoms with Crippen molar-refractivity contribution in [1.29, 1.82) is 0 Å². The van der Waals surface area contributed by atoms with E-state index in [0.717, 1.165) is 13.1 Å². The minimum absolute atomic E-state index is 0.0262. The molecule has 3 heterocycles. The summed E-state index contributed by atoms with van der Waals surface area (Å²) < 4.78 is 24.0. The van der Waals surface area contributed by atoms with Crippen molar-refractivity contribution in [2.75, 3.05) is 39.4 Å². The maximum Gasteiger partial charge on any atom is 0.291 e. The Labute approximate surface area is 167 Å². The van der Waals surface area contributed by atoms with Gasteiger partial charge in [-0.1, -0.05) is 12.1 Å². The van der Waals surface area contributed by atoms with Gasteiger partial charge in [-0.15, -0.1) is 0 Å². The van der Waals surface area contributed by atoms with Crippen molar-refractivity contribution in [2.45, 2.75) is 6.04 Å². The van der Waals surface area contributed by atoms with Crippen LogP contribution < -0.4 is 0 Å². The summed E-state index contributed by atoms with van der Waals surface area (Å²) in [4.78, 5) is 42.1. The van der Waals surface area contributed by atoms with Gasteiger partial charge in [-0.2, -0.15) is 0 Å². The quantitative estimate of drug-likeness (QED) is 0.417. The minimum atomic E-state index is -1.22. The van der Waals surface area contributed by atoms with Gasteiger partial charge < -0.3 is 14.1 Å². The minimum Gasteiger partial charge on any atom is -0.461 e. The van der Waals surface area contributed by atoms with E-state index in [9.17, 15) is 18.8 Å². The molecule has 2 unspecified atom stereocenters. The molecule has 2 atom stereocenters. The highest BCUT2D eigenvalue weighted by Crippen LogP contribution is 2.38. The molecule has 152 valence electrons. The number of benzene rings is 1. The Bertz CT molecular complexity index is 890. The summed E-state index contributed by atoms with van der Waals surface area (Å²) >= 11 is 0. The number of ether oxygens (including phenoxy) is 1. The zero-order valence-electron chi connectivity index (χ0n) is 15.8. The molecule has 0 aliphatic carbocycles. The van der Waals surface area contributed by atoms with Crippen LogP contribution in [0, 0.1) is 11.7 Å². The number of Topliss-reactive ketones (excluding diaryl/α,β-unsaturated/α-hetero) is 2. The van der Waals surface area contributed by atoms with Crippen molar-refractivity contribution in [1.82, 2.24) is 9.80 Å². The van der Waals surface area contributed by atoms with Gasteiger partial charge in [0.05, 0.1) is 25.5 Å². The Morgan fingerprint density at radius 1 is 1.07 bits per heavy atom. The predicted octanol–water partition coefficient (Wildman–Crippen LogP) is 1.70. The van der Waals surface area contributed by atoms with E-state index in [1.165, 1.54) is 41.5 Å². The maximum absolute atomic E-state index is 13.4. The number of carbonyl (C=O) groups excluding carboxylic acids is 3. The molecule has 2 aliphatic rings. The number of furan rings is 1. The number of nitrogens with zero attached hydrogens (tertiary/aromatic N) is 2. The van der Waals surface area contributed by atoms with E-state index >= 15 is 0 Å². The summed E-state index contributed by atoms with van der Waals surface area (Å²) in [6.45, 7) is 3.57. The molecule has 0 bridgehead atoms. The molecule has 29 heavy (non-hydrogen) atoms. The largest absolute Gasteiger partial charge is 0.461 e. The number of hydrogen-bond acceptors (Lipinski definition) is 6. The first-order valence-electron chi connectivity index (χ1n) is 9.54. The van der Waals surface area contributed by atoms with E-state index in [1.54, 1.807) is 6.07 Å². The summed E-state index contributed by atoms with van der Waals surface area (Å²) in [5.74, 6) is -3.63. The van der Waals surface area contributed by atoms with Crippen molar-refractivity contribution in [3.8, 4) is 0 Å². The third-order valence-electron chi connectivity index (χ3n) is 5.42. The van der Waals surface area contributed by atoms with Gasteiger partial charge in [0.1, 0.15) is 11.7 Å². The average Bonchev–Trinajstić information content (AvgIpc) is 3.36. The molecule has 2 saturated heterocycles. The second-order valence-electron chi connectivity index (χ2n) is 7.13. The molecule has 1 amide bonds. The molecule has 2 aliphatic heterocycles. The number of likely N-dealkylation sites (tertiary alicyclic amines) is 1. The number of hydrogen-bond donors (Lipinski definition) is 0. The van der Waals surface area contributed by atoms with E-state index in [-0.39, 0.29) is 12.3 Å². The molecular formula is C21H21FN2O5. The molecule has 1 aromatic heterocycles. The lowest BCUT2D eigenvalue weighted by atomic mass is 9.88. The smallest absolute Gasteiger partial charge is 0.291 e. The molecule has 0 saturated carbocycles. The predicted molar refractivity (Wildman–Crippen MR) is 99.6 cm³/mol. The van der Waals surface area contributed by atoms with Crippen LogP contribution in [0.5, 0.6) is 0 Å². The van der Waals surface area contributed by atoms with Crippen LogP contribution in [0.1, 0.15) is 22.2 Å². The number of ketones is 2. The van der Waals surface area contributed by atoms with E-state index in [0.29, 0.717) is 25.3 Å². The maximum atomic E-state index is 13.4. The Morgan fingerprint density at radius 2 is 1.79 bits per heavy atom.